The zero-order chi connectivity index (χ0) is 11.0. The Kier molecular flexibility index (Phi) is 2.88. The minimum atomic E-state index is 0.614. The minimum Gasteiger partial charge on any atom is -0.312 e. The fraction of sp³-hybridized carbons (Fsp3) is 0.538. The summed E-state index contributed by atoms with van der Waals surface area (Å²) >= 11 is 6.24. The number of rotatable bonds is 2. The van der Waals surface area contributed by atoms with Gasteiger partial charge in [0.2, 0.25) is 0 Å². The standard InChI is InChI=1S/C13H17ClN2/c14-13-4-1-3-11-10(7-15-8-12(11)13)9-16-5-2-6-16/h1,3-4,10,15H,2,5-9H2. The van der Waals surface area contributed by atoms with Crippen molar-refractivity contribution in [3.05, 3.63) is 34.3 Å². The summed E-state index contributed by atoms with van der Waals surface area (Å²) in [5.41, 5.74) is 2.76. The molecule has 1 unspecified atom stereocenters. The Hall–Kier alpha value is -0.570. The normalized spacial score (nSPS) is 24.9. The molecule has 0 aromatic heterocycles. The van der Waals surface area contributed by atoms with Crippen LogP contribution in [0, 0.1) is 0 Å². The molecule has 3 heteroatoms. The SMILES string of the molecule is Clc1cccc2c1CNCC2CN1CCC1. The molecule has 2 aliphatic heterocycles. The number of likely N-dealkylation sites (tertiary alicyclic amines) is 1. The van der Waals surface area contributed by atoms with E-state index in [0.29, 0.717) is 5.92 Å². The van der Waals surface area contributed by atoms with Gasteiger partial charge in [-0.1, -0.05) is 23.7 Å². The largest absolute Gasteiger partial charge is 0.312 e. The maximum Gasteiger partial charge on any atom is 0.0453 e. The molecule has 1 saturated heterocycles. The van der Waals surface area contributed by atoms with Crippen LogP contribution in [-0.4, -0.2) is 31.1 Å². The van der Waals surface area contributed by atoms with Crippen molar-refractivity contribution in [3.63, 3.8) is 0 Å². The van der Waals surface area contributed by atoms with E-state index in [2.05, 4.69) is 22.3 Å². The van der Waals surface area contributed by atoms with Gasteiger partial charge in [0.1, 0.15) is 0 Å². The highest BCUT2D eigenvalue weighted by molar-refractivity contribution is 6.31. The molecule has 86 valence electrons. The van der Waals surface area contributed by atoms with Crippen molar-refractivity contribution in [1.82, 2.24) is 10.2 Å². The summed E-state index contributed by atoms with van der Waals surface area (Å²) < 4.78 is 0. The molecular formula is C13H17ClN2. The molecule has 1 aromatic carbocycles. The van der Waals surface area contributed by atoms with Gasteiger partial charge in [-0.15, -0.1) is 0 Å². The van der Waals surface area contributed by atoms with Crippen molar-refractivity contribution in [2.75, 3.05) is 26.2 Å². The quantitative estimate of drug-likeness (QED) is 0.847. The molecule has 0 spiro atoms. The summed E-state index contributed by atoms with van der Waals surface area (Å²) in [5, 5.41) is 4.39. The first-order valence-corrected chi connectivity index (χ1v) is 6.43. The Labute approximate surface area is 102 Å². The van der Waals surface area contributed by atoms with Crippen molar-refractivity contribution in [3.8, 4) is 0 Å². The van der Waals surface area contributed by atoms with Gasteiger partial charge in [-0.3, -0.25) is 0 Å². The summed E-state index contributed by atoms with van der Waals surface area (Å²) in [6, 6.07) is 6.32. The van der Waals surface area contributed by atoms with Crippen LogP contribution in [0.3, 0.4) is 0 Å². The smallest absolute Gasteiger partial charge is 0.0453 e. The minimum absolute atomic E-state index is 0.614. The lowest BCUT2D eigenvalue weighted by atomic mass is 9.90. The summed E-state index contributed by atoms with van der Waals surface area (Å²) in [6.45, 7) is 5.73. The third kappa shape index (κ3) is 1.86. The van der Waals surface area contributed by atoms with Crippen molar-refractivity contribution < 1.29 is 0 Å². The van der Waals surface area contributed by atoms with Crippen LogP contribution in [0.1, 0.15) is 23.5 Å². The van der Waals surface area contributed by atoms with Gasteiger partial charge in [-0.05, 0) is 36.7 Å². The van der Waals surface area contributed by atoms with Gasteiger partial charge in [0.25, 0.3) is 0 Å². The number of hydrogen-bond donors (Lipinski definition) is 1. The Bertz CT molecular complexity index is 388. The van der Waals surface area contributed by atoms with Gasteiger partial charge in [-0.25, -0.2) is 0 Å². The molecule has 0 aliphatic carbocycles. The zero-order valence-corrected chi connectivity index (χ0v) is 10.1. The summed E-state index contributed by atoms with van der Waals surface area (Å²) in [5.74, 6) is 0.614. The molecule has 1 N–H and O–H groups in total. The maximum absolute atomic E-state index is 6.24. The van der Waals surface area contributed by atoms with Crippen LogP contribution in [0.25, 0.3) is 0 Å². The highest BCUT2D eigenvalue weighted by Crippen LogP contribution is 2.30. The summed E-state index contributed by atoms with van der Waals surface area (Å²) in [6.07, 6.45) is 1.36. The monoisotopic (exact) mass is 236 g/mol. The van der Waals surface area contributed by atoms with E-state index >= 15 is 0 Å². The van der Waals surface area contributed by atoms with Gasteiger partial charge in [0, 0.05) is 30.6 Å². The van der Waals surface area contributed by atoms with E-state index in [9.17, 15) is 0 Å². The fourth-order valence-corrected chi connectivity index (χ4v) is 2.91. The van der Waals surface area contributed by atoms with E-state index in [-0.39, 0.29) is 0 Å². The van der Waals surface area contributed by atoms with Crippen LogP contribution >= 0.6 is 11.6 Å². The highest BCUT2D eigenvalue weighted by Gasteiger charge is 2.25. The Morgan fingerprint density at radius 2 is 2.25 bits per heavy atom. The Balaban J connectivity index is 1.84. The number of nitrogens with one attached hydrogen (secondary N) is 1. The lowest BCUT2D eigenvalue weighted by molar-refractivity contribution is 0.167. The second-order valence-corrected chi connectivity index (χ2v) is 5.20. The Morgan fingerprint density at radius 1 is 1.38 bits per heavy atom. The van der Waals surface area contributed by atoms with E-state index < -0.39 is 0 Å². The molecule has 0 amide bonds. The molecule has 0 saturated carbocycles. The first kappa shape index (κ1) is 10.6. The Morgan fingerprint density at radius 3 is 3.00 bits per heavy atom. The molecule has 3 rings (SSSR count). The second-order valence-electron chi connectivity index (χ2n) is 4.79. The van der Waals surface area contributed by atoms with Crippen LogP contribution in [0.2, 0.25) is 5.02 Å². The predicted octanol–water partition coefficient (Wildman–Crippen LogP) is 2.23. The zero-order valence-electron chi connectivity index (χ0n) is 9.38. The fourth-order valence-electron chi connectivity index (χ4n) is 2.66. The molecule has 1 aromatic rings. The second kappa shape index (κ2) is 4.36. The average Bonchev–Trinajstić information content (AvgIpc) is 2.24. The molecule has 1 fully saturated rings. The first-order chi connectivity index (χ1) is 7.84. The maximum atomic E-state index is 6.24. The van der Waals surface area contributed by atoms with Gasteiger partial charge >= 0.3 is 0 Å². The number of hydrogen-bond acceptors (Lipinski definition) is 2. The van der Waals surface area contributed by atoms with Gasteiger partial charge in [0.05, 0.1) is 0 Å². The lowest BCUT2D eigenvalue weighted by Gasteiger charge is -2.36. The van der Waals surface area contributed by atoms with E-state index in [0.717, 1.165) is 18.1 Å². The van der Waals surface area contributed by atoms with Crippen LogP contribution in [0.4, 0.5) is 0 Å². The third-order valence-corrected chi connectivity index (χ3v) is 4.07. The van der Waals surface area contributed by atoms with Crippen LogP contribution in [-0.2, 0) is 6.54 Å². The van der Waals surface area contributed by atoms with Crippen molar-refractivity contribution in [2.45, 2.75) is 18.9 Å². The molecule has 2 nitrogen and oxygen atoms in total. The molecule has 2 heterocycles. The van der Waals surface area contributed by atoms with E-state index in [1.54, 1.807) is 0 Å². The average molecular weight is 237 g/mol. The number of halogens is 1. The molecular weight excluding hydrogens is 220 g/mol. The van der Waals surface area contributed by atoms with E-state index in [4.69, 9.17) is 11.6 Å². The summed E-state index contributed by atoms with van der Waals surface area (Å²) in [7, 11) is 0. The molecule has 0 radical (unpaired) electrons. The van der Waals surface area contributed by atoms with Crippen LogP contribution < -0.4 is 5.32 Å². The molecule has 1 atom stereocenters. The third-order valence-electron chi connectivity index (χ3n) is 3.71. The molecule has 2 aliphatic rings. The molecule has 0 bridgehead atoms. The van der Waals surface area contributed by atoms with E-state index in [1.807, 2.05) is 6.07 Å². The first-order valence-electron chi connectivity index (χ1n) is 6.05. The van der Waals surface area contributed by atoms with E-state index in [1.165, 1.54) is 37.2 Å². The number of fused-ring (bicyclic) bond motifs is 1. The van der Waals surface area contributed by atoms with Crippen molar-refractivity contribution >= 4 is 11.6 Å². The van der Waals surface area contributed by atoms with Crippen LogP contribution in [0.15, 0.2) is 18.2 Å². The topological polar surface area (TPSA) is 15.3 Å². The molecule has 16 heavy (non-hydrogen) atoms. The van der Waals surface area contributed by atoms with Gasteiger partial charge < -0.3 is 10.2 Å². The summed E-state index contributed by atoms with van der Waals surface area (Å²) in [4.78, 5) is 2.53. The lowest BCUT2D eigenvalue weighted by Crippen LogP contribution is -2.43. The number of benzene rings is 1. The van der Waals surface area contributed by atoms with Crippen LogP contribution in [0.5, 0.6) is 0 Å². The van der Waals surface area contributed by atoms with Crippen molar-refractivity contribution in [2.24, 2.45) is 0 Å². The number of nitrogens with zero attached hydrogens (tertiary/aromatic N) is 1. The highest BCUT2D eigenvalue weighted by atomic mass is 35.5. The van der Waals surface area contributed by atoms with Crippen molar-refractivity contribution in [1.29, 1.82) is 0 Å². The van der Waals surface area contributed by atoms with Gasteiger partial charge in [-0.2, -0.15) is 0 Å². The van der Waals surface area contributed by atoms with Gasteiger partial charge in [0.15, 0.2) is 0 Å². The predicted molar refractivity (Wildman–Crippen MR) is 67.0 cm³/mol.